The van der Waals surface area contributed by atoms with Gasteiger partial charge in [0.1, 0.15) is 0 Å². The molecule has 0 aromatic heterocycles. The molecule has 1 aromatic rings. The highest BCUT2D eigenvalue weighted by Crippen LogP contribution is 2.38. The summed E-state index contributed by atoms with van der Waals surface area (Å²) in [5.74, 6) is 0.516. The van der Waals surface area contributed by atoms with Gasteiger partial charge in [0.25, 0.3) is 0 Å². The molecule has 0 saturated heterocycles. The van der Waals surface area contributed by atoms with E-state index in [0.717, 1.165) is 36.8 Å². The molecule has 0 amide bonds. The number of rotatable bonds is 5. The van der Waals surface area contributed by atoms with Crippen molar-refractivity contribution in [2.45, 2.75) is 44.4 Å². The van der Waals surface area contributed by atoms with Crippen molar-refractivity contribution >= 4 is 21.6 Å². The van der Waals surface area contributed by atoms with Crippen LogP contribution in [-0.2, 0) is 10.0 Å². The van der Waals surface area contributed by atoms with Crippen molar-refractivity contribution in [1.82, 2.24) is 4.72 Å². The first-order chi connectivity index (χ1) is 9.38. The molecule has 0 radical (unpaired) electrons. The Morgan fingerprint density at radius 1 is 1.20 bits per heavy atom. The number of benzene rings is 1. The van der Waals surface area contributed by atoms with E-state index >= 15 is 0 Å². The van der Waals surface area contributed by atoms with Gasteiger partial charge >= 0.3 is 0 Å². The van der Waals surface area contributed by atoms with Crippen molar-refractivity contribution in [3.05, 3.63) is 29.3 Å². The Hall–Kier alpha value is -0.580. The van der Waals surface area contributed by atoms with Gasteiger partial charge < -0.3 is 0 Å². The molecule has 1 aliphatic rings. The van der Waals surface area contributed by atoms with E-state index in [0.29, 0.717) is 17.3 Å². The molecule has 0 aliphatic heterocycles. The monoisotopic (exact) mass is 315 g/mol. The van der Waals surface area contributed by atoms with E-state index in [1.165, 1.54) is 0 Å². The minimum absolute atomic E-state index is 0.0611. The second-order valence-electron chi connectivity index (χ2n) is 5.91. The van der Waals surface area contributed by atoms with Gasteiger partial charge in [0.05, 0.1) is 4.90 Å². The van der Waals surface area contributed by atoms with Gasteiger partial charge in [0, 0.05) is 12.4 Å². The van der Waals surface area contributed by atoms with Gasteiger partial charge in [-0.3, -0.25) is 0 Å². The zero-order valence-corrected chi connectivity index (χ0v) is 13.6. The summed E-state index contributed by atoms with van der Waals surface area (Å²) in [5, 5.41) is 0. The zero-order chi connectivity index (χ0) is 14.8. The Labute approximate surface area is 126 Å². The third kappa shape index (κ3) is 3.35. The van der Waals surface area contributed by atoms with Crippen LogP contribution in [0.1, 0.15) is 36.8 Å². The van der Waals surface area contributed by atoms with Crippen molar-refractivity contribution in [3.63, 3.8) is 0 Å². The van der Waals surface area contributed by atoms with Crippen LogP contribution in [0.15, 0.2) is 23.1 Å². The van der Waals surface area contributed by atoms with Gasteiger partial charge in [-0.05, 0) is 55.4 Å². The molecule has 1 saturated carbocycles. The predicted molar refractivity (Wildman–Crippen MR) is 82.7 cm³/mol. The van der Waals surface area contributed by atoms with Crippen LogP contribution in [0.5, 0.6) is 0 Å². The summed E-state index contributed by atoms with van der Waals surface area (Å²) >= 11 is 6.05. The van der Waals surface area contributed by atoms with E-state index in [2.05, 4.69) is 4.72 Å². The first kappa shape index (κ1) is 15.8. The first-order valence-corrected chi connectivity index (χ1v) is 9.03. The average molecular weight is 316 g/mol. The van der Waals surface area contributed by atoms with Gasteiger partial charge in [0.15, 0.2) is 0 Å². The van der Waals surface area contributed by atoms with E-state index in [4.69, 9.17) is 11.6 Å². The standard InChI is InChI=1S/C15H22ClNO2S/c1-12-5-6-14(9-13(12)2)20(18,19)17-11-15(10-16)7-3-4-8-15/h5-6,9,17H,3-4,7-8,10-11H2,1-2H3. The second-order valence-corrected chi connectivity index (χ2v) is 7.95. The SMILES string of the molecule is Cc1ccc(S(=O)(=O)NCC2(CCl)CCCC2)cc1C. The highest BCUT2D eigenvalue weighted by molar-refractivity contribution is 7.89. The highest BCUT2D eigenvalue weighted by Gasteiger charge is 2.34. The minimum atomic E-state index is -3.44. The molecule has 0 bridgehead atoms. The minimum Gasteiger partial charge on any atom is -0.211 e. The lowest BCUT2D eigenvalue weighted by Gasteiger charge is -2.26. The smallest absolute Gasteiger partial charge is 0.211 e. The highest BCUT2D eigenvalue weighted by atomic mass is 35.5. The first-order valence-electron chi connectivity index (χ1n) is 7.01. The van der Waals surface area contributed by atoms with Crippen molar-refractivity contribution in [1.29, 1.82) is 0 Å². The molecule has 3 nitrogen and oxygen atoms in total. The summed E-state index contributed by atoms with van der Waals surface area (Å²) in [6.45, 7) is 4.33. The lowest BCUT2D eigenvalue weighted by molar-refractivity contribution is 0.342. The molecular weight excluding hydrogens is 294 g/mol. The van der Waals surface area contributed by atoms with Crippen LogP contribution >= 0.6 is 11.6 Å². The summed E-state index contributed by atoms with van der Waals surface area (Å²) in [4.78, 5) is 0.336. The summed E-state index contributed by atoms with van der Waals surface area (Å²) in [6, 6.07) is 5.23. The molecule has 1 fully saturated rings. The number of hydrogen-bond donors (Lipinski definition) is 1. The molecule has 1 N–H and O–H groups in total. The molecule has 1 aromatic carbocycles. The molecule has 0 atom stereocenters. The maximum Gasteiger partial charge on any atom is 0.240 e. The summed E-state index contributed by atoms with van der Waals surface area (Å²) in [5.41, 5.74) is 2.02. The van der Waals surface area contributed by atoms with Crippen LogP contribution in [0.4, 0.5) is 0 Å². The van der Waals surface area contributed by atoms with E-state index in [1.54, 1.807) is 12.1 Å². The van der Waals surface area contributed by atoms with Crippen LogP contribution in [0.3, 0.4) is 0 Å². The maximum absolute atomic E-state index is 12.4. The molecule has 112 valence electrons. The number of aryl methyl sites for hydroxylation is 2. The molecular formula is C15H22ClNO2S. The fourth-order valence-electron chi connectivity index (χ4n) is 2.70. The summed E-state index contributed by atoms with van der Waals surface area (Å²) < 4.78 is 27.5. The normalized spacial score (nSPS) is 18.4. The van der Waals surface area contributed by atoms with Crippen molar-refractivity contribution in [2.75, 3.05) is 12.4 Å². The van der Waals surface area contributed by atoms with E-state index in [9.17, 15) is 8.42 Å². The average Bonchev–Trinajstić information content (AvgIpc) is 2.89. The van der Waals surface area contributed by atoms with Gasteiger partial charge in [-0.25, -0.2) is 13.1 Å². The van der Waals surface area contributed by atoms with Crippen LogP contribution in [0.25, 0.3) is 0 Å². The molecule has 0 heterocycles. The van der Waals surface area contributed by atoms with Gasteiger partial charge in [0.2, 0.25) is 10.0 Å². The Morgan fingerprint density at radius 2 is 1.85 bits per heavy atom. The van der Waals surface area contributed by atoms with E-state index in [1.807, 2.05) is 19.9 Å². The van der Waals surface area contributed by atoms with Gasteiger partial charge in [-0.1, -0.05) is 18.9 Å². The van der Waals surface area contributed by atoms with Crippen molar-refractivity contribution < 1.29 is 8.42 Å². The second kappa shape index (κ2) is 6.04. The van der Waals surface area contributed by atoms with E-state index < -0.39 is 10.0 Å². The number of nitrogens with one attached hydrogen (secondary N) is 1. The van der Waals surface area contributed by atoms with Gasteiger partial charge in [-0.15, -0.1) is 11.6 Å². The molecule has 0 spiro atoms. The molecule has 2 rings (SSSR count). The van der Waals surface area contributed by atoms with Crippen LogP contribution in [0, 0.1) is 19.3 Å². The largest absolute Gasteiger partial charge is 0.240 e. The fraction of sp³-hybridized carbons (Fsp3) is 0.600. The van der Waals surface area contributed by atoms with E-state index in [-0.39, 0.29) is 5.41 Å². The number of halogens is 1. The Morgan fingerprint density at radius 3 is 2.40 bits per heavy atom. The predicted octanol–water partition coefficient (Wildman–Crippen LogP) is 3.38. The molecule has 0 unspecified atom stereocenters. The lowest BCUT2D eigenvalue weighted by atomic mass is 9.89. The Bertz CT molecular complexity index is 578. The van der Waals surface area contributed by atoms with Crippen LogP contribution in [-0.4, -0.2) is 20.8 Å². The topological polar surface area (TPSA) is 46.2 Å². The third-order valence-electron chi connectivity index (χ3n) is 4.37. The molecule has 20 heavy (non-hydrogen) atoms. The fourth-order valence-corrected chi connectivity index (χ4v) is 4.30. The Balaban J connectivity index is 2.13. The van der Waals surface area contributed by atoms with Crippen molar-refractivity contribution in [3.8, 4) is 0 Å². The zero-order valence-electron chi connectivity index (χ0n) is 12.1. The number of hydrogen-bond acceptors (Lipinski definition) is 2. The third-order valence-corrected chi connectivity index (χ3v) is 6.34. The van der Waals surface area contributed by atoms with Gasteiger partial charge in [-0.2, -0.15) is 0 Å². The number of alkyl halides is 1. The van der Waals surface area contributed by atoms with Crippen molar-refractivity contribution in [2.24, 2.45) is 5.41 Å². The summed E-state index contributed by atoms with van der Waals surface area (Å²) in [6.07, 6.45) is 4.29. The van der Waals surface area contributed by atoms with Crippen LogP contribution < -0.4 is 4.72 Å². The molecule has 1 aliphatic carbocycles. The maximum atomic E-state index is 12.4. The Kier molecular flexibility index (Phi) is 4.77. The lowest BCUT2D eigenvalue weighted by Crippen LogP contribution is -2.37. The molecule has 5 heteroatoms. The number of sulfonamides is 1. The van der Waals surface area contributed by atoms with Crippen LogP contribution in [0.2, 0.25) is 0 Å². The quantitative estimate of drug-likeness (QED) is 0.847. The summed E-state index contributed by atoms with van der Waals surface area (Å²) in [7, 11) is -3.44.